The molecule has 156 valence electrons. The summed E-state index contributed by atoms with van der Waals surface area (Å²) in [6.07, 6.45) is 3.59. The molecule has 1 aromatic carbocycles. The fourth-order valence-corrected chi connectivity index (χ4v) is 3.24. The average molecular weight is 414 g/mol. The highest BCUT2D eigenvalue weighted by Gasteiger charge is 2.24. The Bertz CT molecular complexity index is 1000. The van der Waals surface area contributed by atoms with Crippen LogP contribution in [0.2, 0.25) is 0 Å². The van der Waals surface area contributed by atoms with Gasteiger partial charge in [0, 0.05) is 57.3 Å². The van der Waals surface area contributed by atoms with Crippen molar-refractivity contribution in [1.82, 2.24) is 19.9 Å². The maximum Gasteiger partial charge on any atom is 0.276 e. The Morgan fingerprint density at radius 2 is 1.97 bits per heavy atom. The zero-order chi connectivity index (χ0) is 20.9. The molecule has 2 aromatic heterocycles. The van der Waals surface area contributed by atoms with Gasteiger partial charge in [-0.15, -0.1) is 0 Å². The molecule has 0 N–H and O–H groups in total. The molecule has 3 aromatic rings. The van der Waals surface area contributed by atoms with E-state index < -0.39 is 11.6 Å². The van der Waals surface area contributed by atoms with Gasteiger partial charge in [0.25, 0.3) is 5.91 Å². The first-order valence-corrected chi connectivity index (χ1v) is 9.52. The second kappa shape index (κ2) is 9.00. The van der Waals surface area contributed by atoms with Crippen molar-refractivity contribution in [3.63, 3.8) is 0 Å². The van der Waals surface area contributed by atoms with E-state index in [1.807, 2.05) is 18.3 Å². The SMILES string of the molecule is O=C(c1cc(COc2ccc(F)cc2F)on1)N1CCN(Cc2cccnc2)CC1. The van der Waals surface area contributed by atoms with Crippen LogP contribution in [0.1, 0.15) is 21.8 Å². The summed E-state index contributed by atoms with van der Waals surface area (Å²) in [5, 5.41) is 3.81. The van der Waals surface area contributed by atoms with E-state index >= 15 is 0 Å². The number of ether oxygens (including phenoxy) is 1. The Kier molecular flexibility index (Phi) is 5.99. The van der Waals surface area contributed by atoms with Crippen molar-refractivity contribution >= 4 is 5.91 Å². The first-order valence-electron chi connectivity index (χ1n) is 9.52. The van der Waals surface area contributed by atoms with Crippen LogP contribution in [0.4, 0.5) is 8.78 Å². The van der Waals surface area contributed by atoms with Crippen molar-refractivity contribution in [3.05, 3.63) is 77.4 Å². The van der Waals surface area contributed by atoms with Crippen LogP contribution in [-0.4, -0.2) is 52.0 Å². The smallest absolute Gasteiger partial charge is 0.276 e. The number of carbonyl (C=O) groups is 1. The number of halogens is 2. The van der Waals surface area contributed by atoms with Gasteiger partial charge in [-0.1, -0.05) is 11.2 Å². The van der Waals surface area contributed by atoms with E-state index in [2.05, 4.69) is 15.0 Å². The van der Waals surface area contributed by atoms with E-state index in [-0.39, 0.29) is 29.7 Å². The predicted molar refractivity (Wildman–Crippen MR) is 103 cm³/mol. The number of nitrogens with zero attached hydrogens (tertiary/aromatic N) is 4. The number of rotatable bonds is 6. The number of aromatic nitrogens is 2. The highest BCUT2D eigenvalue weighted by atomic mass is 19.1. The van der Waals surface area contributed by atoms with Gasteiger partial charge in [-0.05, 0) is 23.8 Å². The zero-order valence-corrected chi connectivity index (χ0v) is 16.1. The minimum atomic E-state index is -0.810. The molecule has 4 rings (SSSR count). The van der Waals surface area contributed by atoms with Crippen molar-refractivity contribution < 1.29 is 22.8 Å². The first-order chi connectivity index (χ1) is 14.6. The van der Waals surface area contributed by atoms with Crippen LogP contribution in [0.25, 0.3) is 0 Å². The van der Waals surface area contributed by atoms with Crippen LogP contribution >= 0.6 is 0 Å². The average Bonchev–Trinajstić information content (AvgIpc) is 3.23. The van der Waals surface area contributed by atoms with Gasteiger partial charge in [-0.25, -0.2) is 8.78 Å². The molecule has 9 heteroatoms. The number of amides is 1. The molecule has 7 nitrogen and oxygen atoms in total. The van der Waals surface area contributed by atoms with Crippen LogP contribution in [0.15, 0.2) is 53.3 Å². The lowest BCUT2D eigenvalue weighted by atomic mass is 10.2. The van der Waals surface area contributed by atoms with Crippen LogP contribution in [0.5, 0.6) is 5.75 Å². The third kappa shape index (κ3) is 4.80. The Labute approximate surface area is 171 Å². The Hall–Kier alpha value is -3.33. The third-order valence-electron chi connectivity index (χ3n) is 4.83. The molecule has 0 radical (unpaired) electrons. The molecule has 3 heterocycles. The van der Waals surface area contributed by atoms with E-state index in [4.69, 9.17) is 9.26 Å². The molecule has 0 saturated carbocycles. The van der Waals surface area contributed by atoms with Crippen molar-refractivity contribution in [2.24, 2.45) is 0 Å². The molecule has 1 amide bonds. The number of hydrogen-bond donors (Lipinski definition) is 0. The molecule has 0 spiro atoms. The van der Waals surface area contributed by atoms with Crippen LogP contribution in [0.3, 0.4) is 0 Å². The molecule has 0 unspecified atom stereocenters. The first kappa shape index (κ1) is 20.0. The third-order valence-corrected chi connectivity index (χ3v) is 4.83. The number of benzene rings is 1. The van der Waals surface area contributed by atoms with E-state index in [0.29, 0.717) is 13.1 Å². The molecule has 0 bridgehead atoms. The van der Waals surface area contributed by atoms with Gasteiger partial charge in [0.05, 0.1) is 0 Å². The summed E-state index contributed by atoms with van der Waals surface area (Å²) < 4.78 is 37.0. The topological polar surface area (TPSA) is 71.7 Å². The molecule has 0 aliphatic carbocycles. The molecule has 1 aliphatic rings. The second-order valence-electron chi connectivity index (χ2n) is 6.97. The standard InChI is InChI=1S/C21H20F2N4O3/c22-16-3-4-20(18(23)10-16)29-14-17-11-19(25-30-17)21(28)27-8-6-26(7-9-27)13-15-2-1-5-24-12-15/h1-5,10-12H,6-9,13-14H2. The van der Waals surface area contributed by atoms with Gasteiger partial charge >= 0.3 is 0 Å². The van der Waals surface area contributed by atoms with Crippen LogP contribution in [-0.2, 0) is 13.2 Å². The van der Waals surface area contributed by atoms with Gasteiger partial charge in [-0.3, -0.25) is 14.7 Å². The molecule has 1 saturated heterocycles. The second-order valence-corrected chi connectivity index (χ2v) is 6.97. The minimum Gasteiger partial charge on any atom is -0.482 e. The number of pyridine rings is 1. The quantitative estimate of drug-likeness (QED) is 0.618. The molecule has 1 aliphatic heterocycles. The van der Waals surface area contributed by atoms with Crippen LogP contribution < -0.4 is 4.74 Å². The Morgan fingerprint density at radius 1 is 1.13 bits per heavy atom. The van der Waals surface area contributed by atoms with E-state index in [9.17, 15) is 13.6 Å². The molecule has 1 fully saturated rings. The van der Waals surface area contributed by atoms with E-state index in [0.717, 1.165) is 37.3 Å². The largest absolute Gasteiger partial charge is 0.482 e. The normalized spacial score (nSPS) is 14.7. The van der Waals surface area contributed by atoms with Gasteiger partial charge in [0.1, 0.15) is 12.4 Å². The maximum atomic E-state index is 13.6. The fourth-order valence-electron chi connectivity index (χ4n) is 3.24. The van der Waals surface area contributed by atoms with Crippen molar-refractivity contribution in [3.8, 4) is 5.75 Å². The number of carbonyl (C=O) groups excluding carboxylic acids is 1. The molecular weight excluding hydrogens is 394 g/mol. The van der Waals surface area contributed by atoms with Crippen molar-refractivity contribution in [1.29, 1.82) is 0 Å². The summed E-state index contributed by atoms with van der Waals surface area (Å²) in [7, 11) is 0. The summed E-state index contributed by atoms with van der Waals surface area (Å²) in [4.78, 5) is 20.8. The summed E-state index contributed by atoms with van der Waals surface area (Å²) in [6, 6.07) is 8.44. The minimum absolute atomic E-state index is 0.106. The summed E-state index contributed by atoms with van der Waals surface area (Å²) in [5.74, 6) is -1.55. The number of piperazine rings is 1. The fraction of sp³-hybridized carbons (Fsp3) is 0.286. The van der Waals surface area contributed by atoms with E-state index in [1.54, 1.807) is 11.1 Å². The Balaban J connectivity index is 1.29. The van der Waals surface area contributed by atoms with Gasteiger partial charge in [0.15, 0.2) is 23.0 Å². The monoisotopic (exact) mass is 414 g/mol. The summed E-state index contributed by atoms with van der Waals surface area (Å²) in [5.41, 5.74) is 1.31. The Morgan fingerprint density at radius 3 is 2.70 bits per heavy atom. The highest BCUT2D eigenvalue weighted by Crippen LogP contribution is 2.19. The number of hydrogen-bond acceptors (Lipinski definition) is 6. The summed E-state index contributed by atoms with van der Waals surface area (Å²) >= 11 is 0. The molecular formula is C21H20F2N4O3. The summed E-state index contributed by atoms with van der Waals surface area (Å²) in [6.45, 7) is 3.33. The zero-order valence-electron chi connectivity index (χ0n) is 16.1. The predicted octanol–water partition coefficient (Wildman–Crippen LogP) is 2.88. The lowest BCUT2D eigenvalue weighted by Gasteiger charge is -2.34. The van der Waals surface area contributed by atoms with Gasteiger partial charge in [0.2, 0.25) is 0 Å². The highest BCUT2D eigenvalue weighted by molar-refractivity contribution is 5.92. The van der Waals surface area contributed by atoms with Crippen molar-refractivity contribution in [2.75, 3.05) is 26.2 Å². The lowest BCUT2D eigenvalue weighted by Crippen LogP contribution is -2.48. The maximum absolute atomic E-state index is 13.6. The lowest BCUT2D eigenvalue weighted by molar-refractivity contribution is 0.0618. The van der Waals surface area contributed by atoms with E-state index in [1.165, 1.54) is 12.1 Å². The van der Waals surface area contributed by atoms with Gasteiger partial charge in [-0.2, -0.15) is 0 Å². The van der Waals surface area contributed by atoms with Crippen molar-refractivity contribution in [2.45, 2.75) is 13.2 Å². The van der Waals surface area contributed by atoms with Gasteiger partial charge < -0.3 is 14.2 Å². The molecule has 0 atom stereocenters. The van der Waals surface area contributed by atoms with Crippen LogP contribution in [0, 0.1) is 11.6 Å². The molecule has 30 heavy (non-hydrogen) atoms.